The number of benzene rings is 2. The molecule has 0 spiro atoms. The Morgan fingerprint density at radius 3 is 2.26 bits per heavy atom. The van der Waals surface area contributed by atoms with E-state index in [4.69, 9.17) is 0 Å². The van der Waals surface area contributed by atoms with Crippen molar-refractivity contribution in [3.63, 3.8) is 0 Å². The number of nitrogens with one attached hydrogen (secondary N) is 1. The molecule has 0 saturated carbocycles. The molecule has 2 rings (SSSR count). The van der Waals surface area contributed by atoms with Gasteiger partial charge in [-0.3, -0.25) is 0 Å². The molecule has 2 aromatic carbocycles. The fourth-order valence-corrected chi connectivity index (χ4v) is 2.73. The van der Waals surface area contributed by atoms with Gasteiger partial charge in [0.05, 0.1) is 4.90 Å². The standard InChI is InChI=1S/C11H10BF3NO2S/c13-12(14,15)8-16-19(17,18)11-6-5-9-3-1-2-4-10(9)7-11/h1-7,16H,8H2/q-1. The van der Waals surface area contributed by atoms with Gasteiger partial charge in [-0.2, -0.15) is 0 Å². The van der Waals surface area contributed by atoms with Crippen LogP contribution in [0.1, 0.15) is 0 Å². The summed E-state index contributed by atoms with van der Waals surface area (Å²) in [6.45, 7) is -5.19. The summed E-state index contributed by atoms with van der Waals surface area (Å²) in [7, 11) is -4.14. The first-order valence-electron chi connectivity index (χ1n) is 5.47. The van der Waals surface area contributed by atoms with E-state index < -0.39 is 23.4 Å². The van der Waals surface area contributed by atoms with E-state index in [0.717, 1.165) is 5.39 Å². The molecular formula is C11H10BF3NO2S-. The van der Waals surface area contributed by atoms with Crippen LogP contribution in [0.3, 0.4) is 0 Å². The Bertz CT molecular complexity index is 700. The van der Waals surface area contributed by atoms with E-state index in [0.29, 0.717) is 5.39 Å². The molecule has 0 unspecified atom stereocenters. The highest BCUT2D eigenvalue weighted by Gasteiger charge is 2.26. The summed E-state index contributed by atoms with van der Waals surface area (Å²) in [6.07, 6.45) is -1.52. The molecule has 0 aromatic heterocycles. The van der Waals surface area contributed by atoms with Crippen molar-refractivity contribution < 1.29 is 21.4 Å². The van der Waals surface area contributed by atoms with Gasteiger partial charge in [-0.05, 0) is 29.3 Å². The first-order valence-corrected chi connectivity index (χ1v) is 6.96. The Morgan fingerprint density at radius 1 is 1.00 bits per heavy atom. The maximum absolute atomic E-state index is 12.1. The second-order valence-electron chi connectivity index (χ2n) is 4.07. The van der Waals surface area contributed by atoms with Gasteiger partial charge in [-0.1, -0.05) is 30.3 Å². The van der Waals surface area contributed by atoms with Gasteiger partial charge in [0, 0.05) is 0 Å². The van der Waals surface area contributed by atoms with Gasteiger partial charge in [0.15, 0.2) is 0 Å². The van der Waals surface area contributed by atoms with E-state index in [-0.39, 0.29) is 4.90 Å². The molecule has 2 aromatic rings. The van der Waals surface area contributed by atoms with Crippen molar-refractivity contribution in [2.45, 2.75) is 4.90 Å². The average molecular weight is 288 g/mol. The van der Waals surface area contributed by atoms with Gasteiger partial charge in [-0.25, -0.2) is 13.1 Å². The Labute approximate surface area is 108 Å². The number of hydrogen-bond acceptors (Lipinski definition) is 2. The highest BCUT2D eigenvalue weighted by atomic mass is 32.2. The van der Waals surface area contributed by atoms with Gasteiger partial charge >= 0.3 is 6.98 Å². The van der Waals surface area contributed by atoms with E-state index in [1.165, 1.54) is 12.1 Å². The Morgan fingerprint density at radius 2 is 1.63 bits per heavy atom. The van der Waals surface area contributed by atoms with Crippen LogP contribution >= 0.6 is 0 Å². The molecule has 0 aliphatic rings. The largest absolute Gasteiger partial charge is 0.492 e. The lowest BCUT2D eigenvalue weighted by atomic mass is 9.93. The molecule has 0 bridgehead atoms. The van der Waals surface area contributed by atoms with Gasteiger partial charge in [0.25, 0.3) is 0 Å². The summed E-state index contributed by atoms with van der Waals surface area (Å²) < 4.78 is 61.3. The van der Waals surface area contributed by atoms with Crippen molar-refractivity contribution in [1.82, 2.24) is 4.72 Å². The lowest BCUT2D eigenvalue weighted by Gasteiger charge is -2.15. The third kappa shape index (κ3) is 3.48. The minimum Gasteiger partial charge on any atom is -0.448 e. The topological polar surface area (TPSA) is 46.2 Å². The van der Waals surface area contributed by atoms with Crippen LogP contribution < -0.4 is 4.72 Å². The molecule has 102 valence electrons. The van der Waals surface area contributed by atoms with Crippen LogP contribution in [-0.4, -0.2) is 21.8 Å². The lowest BCUT2D eigenvalue weighted by Crippen LogP contribution is -2.37. The summed E-state index contributed by atoms with van der Waals surface area (Å²) in [4.78, 5) is -0.175. The van der Waals surface area contributed by atoms with Crippen LogP contribution in [0.25, 0.3) is 10.8 Å². The normalized spacial score (nSPS) is 12.8. The fourth-order valence-electron chi connectivity index (χ4n) is 1.62. The first kappa shape index (κ1) is 13.9. The third-order valence-corrected chi connectivity index (χ3v) is 3.96. The molecule has 0 heterocycles. The molecule has 0 aliphatic carbocycles. The Balaban J connectivity index is 2.32. The van der Waals surface area contributed by atoms with Crippen LogP contribution in [0.4, 0.5) is 12.9 Å². The SMILES string of the molecule is O=S(=O)(NC[B-](F)(F)F)c1ccc2ccccc2c1. The predicted octanol–water partition coefficient (Wildman–Crippen LogP) is 2.50. The van der Waals surface area contributed by atoms with E-state index in [2.05, 4.69) is 0 Å². The van der Waals surface area contributed by atoms with Gasteiger partial charge in [0.1, 0.15) is 0 Å². The summed E-state index contributed by atoms with van der Waals surface area (Å²) >= 11 is 0. The Kier molecular flexibility index (Phi) is 3.55. The summed E-state index contributed by atoms with van der Waals surface area (Å²) in [5, 5.41) is 1.48. The van der Waals surface area contributed by atoms with Crippen molar-refractivity contribution in [3.05, 3.63) is 42.5 Å². The van der Waals surface area contributed by atoms with Crippen LogP contribution in [-0.2, 0) is 10.0 Å². The second kappa shape index (κ2) is 4.86. The summed E-state index contributed by atoms with van der Waals surface area (Å²) in [6, 6.07) is 11.2. The van der Waals surface area contributed by atoms with Crippen molar-refractivity contribution in [1.29, 1.82) is 0 Å². The Hall–Kier alpha value is -1.54. The van der Waals surface area contributed by atoms with Crippen LogP contribution in [0.15, 0.2) is 47.4 Å². The number of sulfonamides is 1. The zero-order valence-electron chi connectivity index (χ0n) is 9.68. The molecule has 8 heteroatoms. The summed E-state index contributed by atoms with van der Waals surface area (Å²) in [5.41, 5.74) is 0. The highest BCUT2D eigenvalue weighted by molar-refractivity contribution is 7.89. The zero-order valence-corrected chi connectivity index (χ0v) is 10.5. The molecule has 19 heavy (non-hydrogen) atoms. The van der Waals surface area contributed by atoms with Gasteiger partial charge < -0.3 is 12.9 Å². The maximum atomic E-state index is 12.1. The molecule has 0 amide bonds. The molecule has 0 aliphatic heterocycles. The lowest BCUT2D eigenvalue weighted by molar-refractivity contribution is 0.465. The zero-order chi connectivity index (χ0) is 14.1. The van der Waals surface area contributed by atoms with Crippen LogP contribution in [0.5, 0.6) is 0 Å². The smallest absolute Gasteiger partial charge is 0.448 e. The average Bonchev–Trinajstić information content (AvgIpc) is 2.35. The quantitative estimate of drug-likeness (QED) is 0.879. The van der Waals surface area contributed by atoms with E-state index in [9.17, 15) is 21.4 Å². The van der Waals surface area contributed by atoms with E-state index >= 15 is 0 Å². The van der Waals surface area contributed by atoms with Crippen molar-refractivity contribution >= 4 is 27.8 Å². The predicted molar refractivity (Wildman–Crippen MR) is 68.2 cm³/mol. The molecule has 1 N–H and O–H groups in total. The first-order chi connectivity index (χ1) is 8.78. The van der Waals surface area contributed by atoms with Crippen LogP contribution in [0, 0.1) is 0 Å². The molecule has 3 nitrogen and oxygen atoms in total. The maximum Gasteiger partial charge on any atom is 0.492 e. The van der Waals surface area contributed by atoms with E-state index in [1.54, 1.807) is 35.1 Å². The minimum absolute atomic E-state index is 0.175. The van der Waals surface area contributed by atoms with Gasteiger partial charge in [0.2, 0.25) is 10.0 Å². The van der Waals surface area contributed by atoms with Crippen molar-refractivity contribution in [3.8, 4) is 0 Å². The molecule has 0 radical (unpaired) electrons. The van der Waals surface area contributed by atoms with Crippen molar-refractivity contribution in [2.75, 3.05) is 6.44 Å². The molecule has 0 fully saturated rings. The number of hydrogen-bond donors (Lipinski definition) is 1. The minimum atomic E-state index is -5.19. The third-order valence-electron chi connectivity index (χ3n) is 2.54. The fraction of sp³-hybridized carbons (Fsp3) is 0.0909. The number of fused-ring (bicyclic) bond motifs is 1. The molecule has 0 atom stereocenters. The van der Waals surface area contributed by atoms with Gasteiger partial charge in [-0.15, -0.1) is 0 Å². The second-order valence-corrected chi connectivity index (χ2v) is 5.84. The van der Waals surface area contributed by atoms with Crippen LogP contribution in [0.2, 0.25) is 0 Å². The molecule has 0 saturated heterocycles. The monoisotopic (exact) mass is 288 g/mol. The number of halogens is 3. The summed E-state index contributed by atoms with van der Waals surface area (Å²) in [5.74, 6) is 0. The highest BCUT2D eigenvalue weighted by Crippen LogP contribution is 2.19. The van der Waals surface area contributed by atoms with Crippen molar-refractivity contribution in [2.24, 2.45) is 0 Å². The molecular weight excluding hydrogens is 278 g/mol. The number of rotatable bonds is 4. The van der Waals surface area contributed by atoms with E-state index in [1.807, 2.05) is 0 Å².